The molecule has 0 bridgehead atoms. The van der Waals surface area contributed by atoms with E-state index in [0.29, 0.717) is 36.4 Å². The number of aliphatic hydroxyl groups excluding tert-OH is 1. The average molecular weight is 400 g/mol. The maximum Gasteiger partial charge on any atom is 0.228 e. The molecule has 2 saturated carbocycles. The van der Waals surface area contributed by atoms with Gasteiger partial charge in [0.25, 0.3) is 0 Å². The number of hydrogen-bond acceptors (Lipinski definition) is 7. The van der Waals surface area contributed by atoms with Gasteiger partial charge in [-0.25, -0.2) is 4.98 Å². The van der Waals surface area contributed by atoms with E-state index in [-0.39, 0.29) is 27.2 Å². The lowest BCUT2D eigenvalue weighted by molar-refractivity contribution is 0.172. The Kier molecular flexibility index (Phi) is 5.07. The Labute approximate surface area is 164 Å². The molecule has 2 aliphatic carbocycles. The fourth-order valence-corrected chi connectivity index (χ4v) is 4.69. The van der Waals surface area contributed by atoms with Crippen LogP contribution in [0.3, 0.4) is 0 Å². The normalized spacial score (nSPS) is 32.2. The van der Waals surface area contributed by atoms with E-state index in [1.807, 2.05) is 11.9 Å². The van der Waals surface area contributed by atoms with Crippen LogP contribution in [0, 0.1) is 11.3 Å². The third kappa shape index (κ3) is 2.93. The van der Waals surface area contributed by atoms with Gasteiger partial charge in [0, 0.05) is 31.7 Å². The highest BCUT2D eigenvalue weighted by atomic mass is 35.5. The first kappa shape index (κ1) is 19.5. The summed E-state index contributed by atoms with van der Waals surface area (Å²) in [7, 11) is 3.51. The van der Waals surface area contributed by atoms with Crippen molar-refractivity contribution in [2.75, 3.05) is 37.5 Å². The molecule has 26 heavy (non-hydrogen) atoms. The number of methoxy groups -OCH3 is 1. The molecule has 4 N–H and O–H groups in total. The number of hydrogen-bond donors (Lipinski definition) is 3. The number of nitrogens with two attached hydrogens (primary N) is 1. The minimum Gasteiger partial charge on any atom is -0.392 e. The van der Waals surface area contributed by atoms with Gasteiger partial charge in [-0.05, 0) is 25.7 Å². The molecule has 4 atom stereocenters. The molecule has 144 valence electrons. The van der Waals surface area contributed by atoms with Gasteiger partial charge in [-0.15, -0.1) is 0 Å². The van der Waals surface area contributed by atoms with Crippen molar-refractivity contribution in [2.24, 2.45) is 17.1 Å². The van der Waals surface area contributed by atoms with E-state index < -0.39 is 0 Å². The zero-order chi connectivity index (χ0) is 19.3. The Balaban J connectivity index is 1.96. The van der Waals surface area contributed by atoms with Gasteiger partial charge in [-0.2, -0.15) is 4.98 Å². The Morgan fingerprint density at radius 2 is 2.19 bits per heavy atom. The van der Waals surface area contributed by atoms with Gasteiger partial charge in [0.05, 0.1) is 18.3 Å². The van der Waals surface area contributed by atoms with E-state index in [1.165, 1.54) is 0 Å². The molecule has 7 nitrogen and oxygen atoms in total. The number of nitrogens with zero attached hydrogens (tertiary/aromatic N) is 3. The molecule has 9 heteroatoms. The van der Waals surface area contributed by atoms with E-state index in [1.54, 1.807) is 7.11 Å². The van der Waals surface area contributed by atoms with Crippen molar-refractivity contribution in [3.8, 4) is 0 Å². The summed E-state index contributed by atoms with van der Waals surface area (Å²) in [5.41, 5.74) is 5.81. The minimum absolute atomic E-state index is 0.142. The molecule has 0 saturated heterocycles. The maximum atomic E-state index is 10.3. The van der Waals surface area contributed by atoms with Crippen molar-refractivity contribution in [1.82, 2.24) is 9.97 Å². The summed E-state index contributed by atoms with van der Waals surface area (Å²) in [4.78, 5) is 11.0. The number of aromatic nitrogens is 2. The highest BCUT2D eigenvalue weighted by Gasteiger charge is 2.73. The van der Waals surface area contributed by atoms with Crippen LogP contribution in [-0.4, -0.2) is 59.0 Å². The number of aliphatic hydroxyl groups is 1. The van der Waals surface area contributed by atoms with Crippen molar-refractivity contribution in [2.45, 2.75) is 38.3 Å². The van der Waals surface area contributed by atoms with Gasteiger partial charge < -0.3 is 25.8 Å². The monoisotopic (exact) mass is 399 g/mol. The van der Waals surface area contributed by atoms with E-state index >= 15 is 0 Å². The number of anilines is 2. The number of halogens is 1. The fourth-order valence-electron chi connectivity index (χ4n) is 4.17. The lowest BCUT2D eigenvalue weighted by Gasteiger charge is -2.36. The molecule has 4 unspecified atom stereocenters. The van der Waals surface area contributed by atoms with Crippen LogP contribution >= 0.6 is 23.8 Å². The number of nitrogens with one attached hydrogen (secondary N) is 1. The topological polar surface area (TPSA) is 96.5 Å². The SMILES string of the molecule is COCCN(C)c1nc(Cl)c(C(N)=S)c(NC2(C)CCC3C(O)C32C)n1. The second-order valence-electron chi connectivity index (χ2n) is 7.65. The smallest absolute Gasteiger partial charge is 0.228 e. The molecule has 0 amide bonds. The lowest BCUT2D eigenvalue weighted by atomic mass is 9.84. The summed E-state index contributed by atoms with van der Waals surface area (Å²) in [6, 6.07) is 0. The quantitative estimate of drug-likeness (QED) is 0.472. The number of likely N-dealkylation sites (N-methyl/N-ethyl adjacent to an activating group) is 1. The fraction of sp³-hybridized carbons (Fsp3) is 0.706. The summed E-state index contributed by atoms with van der Waals surface area (Å²) < 4.78 is 5.11. The molecular formula is C17H26ClN5O2S. The van der Waals surface area contributed by atoms with Gasteiger partial charge in [0.1, 0.15) is 16.0 Å². The molecule has 2 aliphatic rings. The van der Waals surface area contributed by atoms with E-state index in [9.17, 15) is 5.11 Å². The molecule has 1 heterocycles. The van der Waals surface area contributed by atoms with E-state index in [2.05, 4.69) is 29.1 Å². The van der Waals surface area contributed by atoms with Crippen LogP contribution < -0.4 is 16.0 Å². The third-order valence-electron chi connectivity index (χ3n) is 6.27. The predicted octanol–water partition coefficient (Wildman–Crippen LogP) is 1.81. The second kappa shape index (κ2) is 6.74. The van der Waals surface area contributed by atoms with Gasteiger partial charge in [0.2, 0.25) is 5.95 Å². The van der Waals surface area contributed by atoms with Crippen LogP contribution in [-0.2, 0) is 4.74 Å². The van der Waals surface area contributed by atoms with Crippen molar-refractivity contribution in [3.05, 3.63) is 10.7 Å². The standard InChI is InChI=1S/C17H26ClN5O2S/c1-16(6-5-9-11(24)17(9,16)2)22-14-10(13(19)26)12(18)20-15(21-14)23(3)7-8-25-4/h9,11,24H,5-8H2,1-4H3,(H2,19,26)(H,20,21,22). The summed E-state index contributed by atoms with van der Waals surface area (Å²) >= 11 is 11.6. The number of rotatable bonds is 7. The number of ether oxygens (including phenoxy) is 1. The molecule has 1 aromatic heterocycles. The summed E-state index contributed by atoms with van der Waals surface area (Å²) in [5, 5.41) is 14.0. The van der Waals surface area contributed by atoms with Crippen LogP contribution in [0.2, 0.25) is 5.15 Å². The van der Waals surface area contributed by atoms with Crippen LogP contribution in [0.15, 0.2) is 0 Å². The Bertz CT molecular complexity index is 735. The minimum atomic E-state index is -0.323. The zero-order valence-corrected chi connectivity index (χ0v) is 17.1. The number of fused-ring (bicyclic) bond motifs is 1. The molecular weight excluding hydrogens is 374 g/mol. The molecule has 0 aliphatic heterocycles. The molecule has 2 fully saturated rings. The largest absolute Gasteiger partial charge is 0.392 e. The number of thiocarbonyl (C=S) groups is 1. The molecule has 0 radical (unpaired) electrons. The highest BCUT2D eigenvalue weighted by Crippen LogP contribution is 2.68. The third-order valence-corrected chi connectivity index (χ3v) is 6.74. The Morgan fingerprint density at radius 3 is 2.73 bits per heavy atom. The second-order valence-corrected chi connectivity index (χ2v) is 8.44. The van der Waals surface area contributed by atoms with Crippen molar-refractivity contribution >= 4 is 40.6 Å². The van der Waals surface area contributed by atoms with Gasteiger partial charge in [0.15, 0.2) is 0 Å². The van der Waals surface area contributed by atoms with Crippen LogP contribution in [0.1, 0.15) is 32.3 Å². The van der Waals surface area contributed by atoms with Crippen molar-refractivity contribution < 1.29 is 9.84 Å². The zero-order valence-electron chi connectivity index (χ0n) is 15.5. The van der Waals surface area contributed by atoms with E-state index in [4.69, 9.17) is 34.3 Å². The van der Waals surface area contributed by atoms with Crippen LogP contribution in [0.25, 0.3) is 0 Å². The first-order chi connectivity index (χ1) is 12.2. The van der Waals surface area contributed by atoms with Gasteiger partial charge in [-0.1, -0.05) is 30.7 Å². The van der Waals surface area contributed by atoms with Crippen molar-refractivity contribution in [1.29, 1.82) is 0 Å². The van der Waals surface area contributed by atoms with Crippen molar-refractivity contribution in [3.63, 3.8) is 0 Å². The Morgan fingerprint density at radius 1 is 1.50 bits per heavy atom. The first-order valence-corrected chi connectivity index (χ1v) is 9.48. The summed E-state index contributed by atoms with van der Waals surface area (Å²) in [6.07, 6.45) is 1.60. The highest BCUT2D eigenvalue weighted by molar-refractivity contribution is 7.80. The van der Waals surface area contributed by atoms with Crippen LogP contribution in [0.4, 0.5) is 11.8 Å². The van der Waals surface area contributed by atoms with Gasteiger partial charge >= 0.3 is 0 Å². The molecule has 0 spiro atoms. The van der Waals surface area contributed by atoms with E-state index in [0.717, 1.165) is 12.8 Å². The summed E-state index contributed by atoms with van der Waals surface area (Å²) in [6.45, 7) is 5.38. The van der Waals surface area contributed by atoms with Gasteiger partial charge in [-0.3, -0.25) is 0 Å². The maximum absolute atomic E-state index is 10.3. The first-order valence-electron chi connectivity index (χ1n) is 8.69. The average Bonchev–Trinajstić information content (AvgIpc) is 2.99. The van der Waals surface area contributed by atoms with Crippen LogP contribution in [0.5, 0.6) is 0 Å². The molecule has 1 aromatic rings. The lowest BCUT2D eigenvalue weighted by Crippen LogP contribution is -2.44. The molecule has 3 rings (SSSR count). The summed E-state index contributed by atoms with van der Waals surface area (Å²) in [5.74, 6) is 1.30. The Hall–Kier alpha value is -1.22. The predicted molar refractivity (Wildman–Crippen MR) is 107 cm³/mol. The molecule has 0 aromatic carbocycles.